The van der Waals surface area contributed by atoms with Crippen molar-refractivity contribution < 1.29 is 4.79 Å². The first-order valence-corrected chi connectivity index (χ1v) is 10.0. The highest BCUT2D eigenvalue weighted by molar-refractivity contribution is 5.80. The van der Waals surface area contributed by atoms with E-state index in [1.54, 1.807) is 15.5 Å². The zero-order chi connectivity index (χ0) is 20.7. The quantitative estimate of drug-likeness (QED) is 0.565. The topological polar surface area (TPSA) is 93.0 Å². The molecule has 1 aliphatic rings. The normalized spacial score (nSPS) is 15.1. The molecule has 4 aromatic rings. The molecular formula is C22H21N5O3. The van der Waals surface area contributed by atoms with Gasteiger partial charge in [0.1, 0.15) is 6.54 Å². The van der Waals surface area contributed by atoms with Gasteiger partial charge in [0.2, 0.25) is 5.91 Å². The van der Waals surface area contributed by atoms with Gasteiger partial charge in [-0.1, -0.05) is 24.3 Å². The molecule has 1 fully saturated rings. The molecular weight excluding hydrogens is 382 g/mol. The predicted octanol–water partition coefficient (Wildman–Crippen LogP) is 1.90. The Morgan fingerprint density at radius 1 is 1.00 bits per heavy atom. The number of para-hydroxylation sites is 4. The lowest BCUT2D eigenvalue weighted by Gasteiger charge is -2.32. The largest absolute Gasteiger partial charge is 0.341 e. The van der Waals surface area contributed by atoms with Crippen molar-refractivity contribution in [2.45, 2.75) is 25.4 Å². The zero-order valence-electron chi connectivity index (χ0n) is 16.3. The van der Waals surface area contributed by atoms with Crippen LogP contribution in [0.4, 0.5) is 0 Å². The highest BCUT2D eigenvalue weighted by atomic mass is 16.2. The first-order chi connectivity index (χ1) is 14.6. The Morgan fingerprint density at radius 3 is 2.50 bits per heavy atom. The van der Waals surface area contributed by atoms with Crippen molar-refractivity contribution in [1.29, 1.82) is 0 Å². The molecule has 1 aliphatic heterocycles. The molecule has 5 rings (SSSR count). The SMILES string of the molecule is O=C(Cn1c(=O)cnc2ccccc21)N1CCC(n2c(=O)[nH]c3ccccc32)CC1. The third-order valence-electron chi connectivity index (χ3n) is 5.85. The van der Waals surface area contributed by atoms with Crippen LogP contribution in [0.5, 0.6) is 0 Å². The molecule has 1 N–H and O–H groups in total. The van der Waals surface area contributed by atoms with E-state index in [9.17, 15) is 14.4 Å². The molecule has 2 aromatic carbocycles. The number of piperidine rings is 1. The Bertz CT molecular complexity index is 1360. The van der Waals surface area contributed by atoms with Crippen LogP contribution in [0.2, 0.25) is 0 Å². The van der Waals surface area contributed by atoms with Gasteiger partial charge in [-0.15, -0.1) is 0 Å². The number of carbonyl (C=O) groups is 1. The standard InChI is InChI=1S/C22H21N5O3/c28-20-13-23-16-5-1-3-7-18(16)26(20)14-21(29)25-11-9-15(10-12-25)27-19-8-4-2-6-17(19)24-22(27)30/h1-8,13,15H,9-12,14H2,(H,24,30). The van der Waals surface area contributed by atoms with Gasteiger partial charge in [-0.25, -0.2) is 9.78 Å². The number of aromatic nitrogens is 4. The molecule has 8 heteroatoms. The maximum atomic E-state index is 12.9. The fraction of sp³-hybridized carbons (Fsp3) is 0.273. The average Bonchev–Trinajstić information content (AvgIpc) is 3.11. The van der Waals surface area contributed by atoms with Gasteiger partial charge < -0.3 is 9.88 Å². The second kappa shape index (κ2) is 7.29. The molecule has 30 heavy (non-hydrogen) atoms. The molecule has 0 aliphatic carbocycles. The van der Waals surface area contributed by atoms with Crippen molar-refractivity contribution in [1.82, 2.24) is 24.0 Å². The summed E-state index contributed by atoms with van der Waals surface area (Å²) in [6.07, 6.45) is 2.64. The van der Waals surface area contributed by atoms with Gasteiger partial charge in [-0.2, -0.15) is 0 Å². The third-order valence-corrected chi connectivity index (χ3v) is 5.85. The Hall–Kier alpha value is -3.68. The van der Waals surface area contributed by atoms with Crippen molar-refractivity contribution in [3.05, 3.63) is 75.6 Å². The fourth-order valence-electron chi connectivity index (χ4n) is 4.32. The van der Waals surface area contributed by atoms with E-state index in [-0.39, 0.29) is 29.7 Å². The van der Waals surface area contributed by atoms with E-state index in [1.165, 1.54) is 10.8 Å². The molecule has 1 amide bonds. The van der Waals surface area contributed by atoms with Crippen LogP contribution in [0.15, 0.2) is 64.3 Å². The lowest BCUT2D eigenvalue weighted by Crippen LogP contribution is -2.43. The summed E-state index contributed by atoms with van der Waals surface area (Å²) in [4.78, 5) is 46.5. The Balaban J connectivity index is 1.33. The maximum absolute atomic E-state index is 12.9. The Labute approximate surface area is 171 Å². The van der Waals surface area contributed by atoms with Gasteiger partial charge in [0, 0.05) is 19.1 Å². The van der Waals surface area contributed by atoms with E-state index in [1.807, 2.05) is 42.5 Å². The number of benzene rings is 2. The molecule has 0 atom stereocenters. The van der Waals surface area contributed by atoms with Gasteiger partial charge in [-0.3, -0.25) is 18.7 Å². The minimum Gasteiger partial charge on any atom is -0.341 e. The zero-order valence-corrected chi connectivity index (χ0v) is 16.3. The fourth-order valence-corrected chi connectivity index (χ4v) is 4.32. The summed E-state index contributed by atoms with van der Waals surface area (Å²) in [5.74, 6) is -0.0989. The summed E-state index contributed by atoms with van der Waals surface area (Å²) in [5, 5.41) is 0. The van der Waals surface area contributed by atoms with Crippen LogP contribution in [-0.4, -0.2) is 43.0 Å². The smallest absolute Gasteiger partial charge is 0.326 e. The lowest BCUT2D eigenvalue weighted by atomic mass is 10.0. The van der Waals surface area contributed by atoms with Crippen molar-refractivity contribution in [2.75, 3.05) is 13.1 Å². The molecule has 152 valence electrons. The molecule has 0 saturated carbocycles. The molecule has 3 heterocycles. The Morgan fingerprint density at radius 2 is 1.70 bits per heavy atom. The van der Waals surface area contributed by atoms with Crippen molar-refractivity contribution in [2.24, 2.45) is 0 Å². The number of nitrogens with one attached hydrogen (secondary N) is 1. The van der Waals surface area contributed by atoms with Crippen molar-refractivity contribution >= 4 is 28.0 Å². The number of aromatic amines is 1. The number of carbonyl (C=O) groups excluding carboxylic acids is 1. The van der Waals surface area contributed by atoms with Crippen LogP contribution in [0, 0.1) is 0 Å². The number of H-pyrrole nitrogens is 1. The molecule has 2 aromatic heterocycles. The number of rotatable bonds is 3. The first kappa shape index (κ1) is 18.4. The summed E-state index contributed by atoms with van der Waals surface area (Å²) in [6, 6.07) is 15.0. The summed E-state index contributed by atoms with van der Waals surface area (Å²) in [5.41, 5.74) is 2.64. The van der Waals surface area contributed by atoms with Gasteiger partial charge in [0.15, 0.2) is 0 Å². The number of nitrogens with zero attached hydrogens (tertiary/aromatic N) is 4. The molecule has 0 spiro atoms. The van der Waals surface area contributed by atoms with Gasteiger partial charge in [-0.05, 0) is 37.1 Å². The van der Waals surface area contributed by atoms with Crippen molar-refractivity contribution in [3.63, 3.8) is 0 Å². The van der Waals surface area contributed by atoms with E-state index in [0.717, 1.165) is 11.0 Å². The van der Waals surface area contributed by atoms with Gasteiger partial charge in [0.05, 0.1) is 28.3 Å². The van der Waals surface area contributed by atoms with Gasteiger partial charge in [0.25, 0.3) is 5.56 Å². The third kappa shape index (κ3) is 3.10. The summed E-state index contributed by atoms with van der Waals surface area (Å²) < 4.78 is 3.28. The molecule has 0 unspecified atom stereocenters. The van der Waals surface area contributed by atoms with Gasteiger partial charge >= 0.3 is 5.69 Å². The number of fused-ring (bicyclic) bond motifs is 2. The number of imidazole rings is 1. The highest BCUT2D eigenvalue weighted by Crippen LogP contribution is 2.25. The number of likely N-dealkylation sites (tertiary alicyclic amines) is 1. The Kier molecular flexibility index (Phi) is 4.46. The second-order valence-corrected chi connectivity index (χ2v) is 7.60. The molecule has 8 nitrogen and oxygen atoms in total. The molecule has 0 radical (unpaired) electrons. The monoisotopic (exact) mass is 403 g/mol. The molecule has 1 saturated heterocycles. The molecule has 0 bridgehead atoms. The second-order valence-electron chi connectivity index (χ2n) is 7.60. The number of hydrogen-bond donors (Lipinski definition) is 1. The maximum Gasteiger partial charge on any atom is 0.326 e. The minimum atomic E-state index is -0.290. The first-order valence-electron chi connectivity index (χ1n) is 10.0. The van der Waals surface area contributed by atoms with Crippen LogP contribution < -0.4 is 11.2 Å². The number of hydrogen-bond acceptors (Lipinski definition) is 4. The van der Waals surface area contributed by atoms with Crippen LogP contribution in [0.1, 0.15) is 18.9 Å². The average molecular weight is 403 g/mol. The highest BCUT2D eigenvalue weighted by Gasteiger charge is 2.26. The van der Waals surface area contributed by atoms with Crippen LogP contribution in [0.3, 0.4) is 0 Å². The summed E-state index contributed by atoms with van der Waals surface area (Å²) in [6.45, 7) is 1.08. The van der Waals surface area contributed by atoms with E-state index >= 15 is 0 Å². The van der Waals surface area contributed by atoms with Crippen molar-refractivity contribution in [3.8, 4) is 0 Å². The summed E-state index contributed by atoms with van der Waals surface area (Å²) >= 11 is 0. The lowest BCUT2D eigenvalue weighted by molar-refractivity contribution is -0.133. The van der Waals surface area contributed by atoms with E-state index in [0.29, 0.717) is 37.0 Å². The van der Waals surface area contributed by atoms with Crippen LogP contribution in [0.25, 0.3) is 22.1 Å². The van der Waals surface area contributed by atoms with Crippen LogP contribution in [-0.2, 0) is 11.3 Å². The number of amides is 1. The summed E-state index contributed by atoms with van der Waals surface area (Å²) in [7, 11) is 0. The van der Waals surface area contributed by atoms with E-state index in [4.69, 9.17) is 0 Å². The predicted molar refractivity (Wildman–Crippen MR) is 113 cm³/mol. The van der Waals surface area contributed by atoms with Crippen LogP contribution >= 0.6 is 0 Å². The van der Waals surface area contributed by atoms with E-state index in [2.05, 4.69) is 9.97 Å². The van der Waals surface area contributed by atoms with E-state index < -0.39 is 0 Å². The minimum absolute atomic E-state index is 0.0143.